The van der Waals surface area contributed by atoms with Gasteiger partial charge in [-0.25, -0.2) is 18.6 Å². The van der Waals surface area contributed by atoms with E-state index in [0.29, 0.717) is 40.3 Å². The summed E-state index contributed by atoms with van der Waals surface area (Å²) in [5, 5.41) is 16.3. The van der Waals surface area contributed by atoms with Crippen LogP contribution < -0.4 is 10.6 Å². The quantitative estimate of drug-likeness (QED) is 0.628. The lowest BCUT2D eigenvalue weighted by Gasteiger charge is -2.27. The van der Waals surface area contributed by atoms with Gasteiger partial charge in [-0.05, 0) is 32.3 Å². The molecule has 0 saturated carbocycles. The maximum absolute atomic E-state index is 12.9. The van der Waals surface area contributed by atoms with E-state index >= 15 is 0 Å². The van der Waals surface area contributed by atoms with Crippen LogP contribution in [0.4, 0.5) is 25.1 Å². The van der Waals surface area contributed by atoms with Crippen molar-refractivity contribution >= 4 is 39.6 Å². The monoisotopic (exact) mass is 433 g/mol. The van der Waals surface area contributed by atoms with Gasteiger partial charge in [-0.2, -0.15) is 0 Å². The number of rotatable bonds is 5. The van der Waals surface area contributed by atoms with E-state index in [1.807, 2.05) is 6.92 Å². The van der Waals surface area contributed by atoms with Crippen molar-refractivity contribution in [2.45, 2.75) is 32.6 Å². The van der Waals surface area contributed by atoms with Crippen LogP contribution in [-0.2, 0) is 0 Å². The second kappa shape index (κ2) is 8.82. The van der Waals surface area contributed by atoms with Crippen molar-refractivity contribution in [1.82, 2.24) is 25.1 Å². The number of pyridine rings is 2. The number of likely N-dealkylation sites (tertiary alicyclic amines) is 1. The molecule has 158 valence electrons. The fourth-order valence-corrected chi connectivity index (χ4v) is 4.02. The first-order chi connectivity index (χ1) is 14.5. The van der Waals surface area contributed by atoms with Crippen LogP contribution in [0.15, 0.2) is 18.5 Å². The lowest BCUT2D eigenvalue weighted by Crippen LogP contribution is -2.39. The molecule has 0 radical (unpaired) electrons. The van der Waals surface area contributed by atoms with Crippen LogP contribution in [0.2, 0.25) is 0 Å². The summed E-state index contributed by atoms with van der Waals surface area (Å²) in [5.41, 5.74) is 0.913. The van der Waals surface area contributed by atoms with Crippen molar-refractivity contribution in [2.24, 2.45) is 0 Å². The highest BCUT2D eigenvalue weighted by Gasteiger charge is 2.20. The summed E-state index contributed by atoms with van der Waals surface area (Å²) in [4.78, 5) is 23.1. The summed E-state index contributed by atoms with van der Waals surface area (Å²) < 4.78 is 25.9. The van der Waals surface area contributed by atoms with Gasteiger partial charge in [0.2, 0.25) is 0 Å². The van der Waals surface area contributed by atoms with E-state index in [0.717, 1.165) is 24.3 Å². The normalized spacial score (nSPS) is 14.3. The lowest BCUT2D eigenvalue weighted by molar-refractivity contribution is 0.163. The number of piperidine rings is 1. The van der Waals surface area contributed by atoms with Gasteiger partial charge in [0, 0.05) is 36.3 Å². The summed E-state index contributed by atoms with van der Waals surface area (Å²) in [5.74, 6) is 0.212. The number of hydrogen-bond donors (Lipinski definition) is 2. The number of halogens is 2. The molecule has 30 heavy (non-hydrogen) atoms. The average Bonchev–Trinajstić information content (AvgIpc) is 3.19. The van der Waals surface area contributed by atoms with Gasteiger partial charge in [-0.3, -0.25) is 10.3 Å². The van der Waals surface area contributed by atoms with Gasteiger partial charge in [0.25, 0.3) is 6.43 Å². The number of aromatic nitrogens is 4. The van der Waals surface area contributed by atoms with Crippen LogP contribution in [0.25, 0.3) is 21.5 Å². The van der Waals surface area contributed by atoms with E-state index < -0.39 is 13.0 Å². The fraction of sp³-hybridized carbons (Fsp3) is 0.421. The number of nitrogens with zero attached hydrogens (tertiary/aromatic N) is 5. The number of alkyl halides is 2. The van der Waals surface area contributed by atoms with Gasteiger partial charge in [0.05, 0.1) is 12.2 Å². The average molecular weight is 433 g/mol. The van der Waals surface area contributed by atoms with Crippen molar-refractivity contribution in [3.63, 3.8) is 0 Å². The first-order valence-electron chi connectivity index (χ1n) is 9.68. The molecule has 0 bridgehead atoms. The molecule has 0 aliphatic carbocycles. The van der Waals surface area contributed by atoms with Gasteiger partial charge in [-0.1, -0.05) is 11.3 Å². The molecule has 0 aromatic carbocycles. The first kappa shape index (κ1) is 20.3. The summed E-state index contributed by atoms with van der Waals surface area (Å²) >= 11 is 1.39. The minimum Gasteiger partial charge on any atom is -0.376 e. The van der Waals surface area contributed by atoms with Crippen LogP contribution in [0, 0.1) is 6.92 Å². The highest BCUT2D eigenvalue weighted by Crippen LogP contribution is 2.33. The Bertz CT molecular complexity index is 1050. The number of nitrogens with one attached hydrogen (secondary N) is 2. The maximum Gasteiger partial charge on any atom is 0.323 e. The number of carbonyl (C=O) groups is 1. The molecule has 1 aliphatic rings. The molecule has 8 nitrogen and oxygen atoms in total. The largest absolute Gasteiger partial charge is 0.376 e. The van der Waals surface area contributed by atoms with Crippen molar-refractivity contribution in [2.75, 3.05) is 30.3 Å². The summed E-state index contributed by atoms with van der Waals surface area (Å²) in [6.45, 7) is 2.62. The van der Waals surface area contributed by atoms with Gasteiger partial charge < -0.3 is 10.2 Å². The highest BCUT2D eigenvalue weighted by atomic mass is 32.1. The minimum absolute atomic E-state index is 0.212. The van der Waals surface area contributed by atoms with E-state index in [1.165, 1.54) is 11.3 Å². The van der Waals surface area contributed by atoms with Crippen molar-refractivity contribution in [3.8, 4) is 10.7 Å². The van der Waals surface area contributed by atoms with Crippen LogP contribution >= 0.6 is 11.3 Å². The summed E-state index contributed by atoms with van der Waals surface area (Å²) in [6.07, 6.45) is 3.62. The van der Waals surface area contributed by atoms with Crippen molar-refractivity contribution in [1.29, 1.82) is 0 Å². The van der Waals surface area contributed by atoms with Crippen LogP contribution in [-0.4, -0.2) is 57.2 Å². The Morgan fingerprint density at radius 1 is 1.20 bits per heavy atom. The molecule has 1 fully saturated rings. The van der Waals surface area contributed by atoms with E-state index in [1.54, 1.807) is 23.4 Å². The molecule has 4 heterocycles. The van der Waals surface area contributed by atoms with Gasteiger partial charge in [0.15, 0.2) is 10.8 Å². The number of amides is 2. The Morgan fingerprint density at radius 3 is 2.67 bits per heavy atom. The van der Waals surface area contributed by atoms with Gasteiger partial charge in [0.1, 0.15) is 10.7 Å². The molecule has 11 heteroatoms. The summed E-state index contributed by atoms with van der Waals surface area (Å²) in [6, 6.07) is 1.47. The Labute approximate surface area is 175 Å². The number of urea groups is 1. The molecule has 0 spiro atoms. The van der Waals surface area contributed by atoms with E-state index in [9.17, 15) is 13.6 Å². The topological polar surface area (TPSA) is 95.9 Å². The zero-order valence-electron chi connectivity index (χ0n) is 16.4. The Morgan fingerprint density at radius 2 is 1.97 bits per heavy atom. The molecule has 3 aromatic heterocycles. The number of aryl methyl sites for hydroxylation is 1. The summed E-state index contributed by atoms with van der Waals surface area (Å²) in [7, 11) is 0. The van der Waals surface area contributed by atoms with E-state index in [-0.39, 0.29) is 11.8 Å². The molecule has 0 atom stereocenters. The fourth-order valence-electron chi connectivity index (χ4n) is 3.36. The highest BCUT2D eigenvalue weighted by molar-refractivity contribution is 7.14. The molecule has 2 amide bonds. The molecule has 0 unspecified atom stereocenters. The lowest BCUT2D eigenvalue weighted by atomic mass is 10.1. The first-order valence-corrected chi connectivity index (χ1v) is 10.5. The predicted molar refractivity (Wildman–Crippen MR) is 112 cm³/mol. The number of fused-ring (bicyclic) bond motifs is 1. The molecule has 1 aliphatic heterocycles. The third-order valence-electron chi connectivity index (χ3n) is 4.82. The molecule has 2 N–H and O–H groups in total. The van der Waals surface area contributed by atoms with Crippen LogP contribution in [0.1, 0.15) is 24.3 Å². The van der Waals surface area contributed by atoms with Crippen molar-refractivity contribution < 1.29 is 13.6 Å². The number of anilines is 2. The predicted octanol–water partition coefficient (Wildman–Crippen LogP) is 4.15. The molecular weight excluding hydrogens is 412 g/mol. The minimum atomic E-state index is -2.56. The third kappa shape index (κ3) is 4.45. The van der Waals surface area contributed by atoms with E-state index in [4.69, 9.17) is 0 Å². The van der Waals surface area contributed by atoms with E-state index in [2.05, 4.69) is 30.8 Å². The zero-order chi connectivity index (χ0) is 21.1. The molecule has 4 rings (SSSR count). The second-order valence-corrected chi connectivity index (χ2v) is 8.20. The maximum atomic E-state index is 12.9. The van der Waals surface area contributed by atoms with Crippen LogP contribution in [0.3, 0.4) is 0 Å². The van der Waals surface area contributed by atoms with Crippen molar-refractivity contribution in [3.05, 3.63) is 23.5 Å². The standard InChI is InChI=1S/C19H21F2N7OS/c1-11-26-27-18(30-11)14-7-13-12(8-22-14)9-24-17(16(13)23-10-15(20)21)25-19(29)28-5-3-2-4-6-28/h7-9,15,23H,2-6,10H2,1H3,(H,24,25,29). The second-order valence-electron chi connectivity index (χ2n) is 7.01. The third-order valence-corrected chi connectivity index (χ3v) is 5.68. The number of hydrogen-bond acceptors (Lipinski definition) is 7. The Hall–Kier alpha value is -2.95. The smallest absolute Gasteiger partial charge is 0.323 e. The Kier molecular flexibility index (Phi) is 5.98. The molecule has 1 saturated heterocycles. The van der Waals surface area contributed by atoms with Gasteiger partial charge >= 0.3 is 6.03 Å². The Balaban J connectivity index is 1.72. The van der Waals surface area contributed by atoms with Crippen LogP contribution in [0.5, 0.6) is 0 Å². The zero-order valence-corrected chi connectivity index (χ0v) is 17.2. The molecular formula is C19H21F2N7OS. The number of carbonyl (C=O) groups excluding carboxylic acids is 1. The van der Waals surface area contributed by atoms with Gasteiger partial charge in [-0.15, -0.1) is 10.2 Å². The molecule has 3 aromatic rings. The SMILES string of the molecule is Cc1nnc(-c2cc3c(NCC(F)F)c(NC(=O)N4CCCCC4)ncc3cn2)s1.